The number of nitrogens with zero attached hydrogens (tertiary/aromatic N) is 5. The molecular formula is C30H41N7O3. The Hall–Kier alpha value is -3.40. The van der Waals surface area contributed by atoms with Gasteiger partial charge in [-0.3, -0.25) is 9.59 Å². The van der Waals surface area contributed by atoms with Crippen molar-refractivity contribution in [1.82, 2.24) is 20.2 Å². The van der Waals surface area contributed by atoms with Crippen LogP contribution in [0.5, 0.6) is 5.75 Å². The highest BCUT2D eigenvalue weighted by molar-refractivity contribution is 5.97. The van der Waals surface area contributed by atoms with E-state index in [2.05, 4.69) is 25.4 Å². The first-order valence-electron chi connectivity index (χ1n) is 14.9. The van der Waals surface area contributed by atoms with Crippen molar-refractivity contribution in [2.24, 2.45) is 0 Å². The molecule has 6 rings (SSSR count). The molecule has 2 aliphatic heterocycles. The van der Waals surface area contributed by atoms with Crippen LogP contribution in [0.15, 0.2) is 24.4 Å². The third-order valence-corrected chi connectivity index (χ3v) is 9.24. The van der Waals surface area contributed by atoms with Gasteiger partial charge < -0.3 is 30.1 Å². The van der Waals surface area contributed by atoms with E-state index in [9.17, 15) is 9.59 Å². The molecule has 4 aliphatic rings. The number of amides is 2. The summed E-state index contributed by atoms with van der Waals surface area (Å²) in [4.78, 5) is 41.7. The zero-order valence-corrected chi connectivity index (χ0v) is 23.7. The van der Waals surface area contributed by atoms with Gasteiger partial charge in [0.2, 0.25) is 11.9 Å². The van der Waals surface area contributed by atoms with Crippen molar-refractivity contribution in [3.8, 4) is 5.75 Å². The summed E-state index contributed by atoms with van der Waals surface area (Å²) < 4.78 is 5.66. The molecule has 3 heterocycles. The summed E-state index contributed by atoms with van der Waals surface area (Å²) in [5.41, 5.74) is 1.99. The molecule has 0 atom stereocenters. The van der Waals surface area contributed by atoms with E-state index in [-0.39, 0.29) is 17.9 Å². The minimum atomic E-state index is -0.0709. The number of likely N-dealkylation sites (tertiary alicyclic amines) is 1. The molecule has 0 radical (unpaired) electrons. The van der Waals surface area contributed by atoms with Gasteiger partial charge in [-0.15, -0.1) is 0 Å². The van der Waals surface area contributed by atoms with Gasteiger partial charge >= 0.3 is 0 Å². The first kappa shape index (κ1) is 26.8. The van der Waals surface area contributed by atoms with Gasteiger partial charge in [0.25, 0.3) is 5.91 Å². The molecule has 0 bridgehead atoms. The number of hydrogen-bond donors (Lipinski definition) is 2. The number of anilines is 4. The lowest BCUT2D eigenvalue weighted by Crippen LogP contribution is -2.49. The minimum absolute atomic E-state index is 0.0709. The Morgan fingerprint density at radius 3 is 2.48 bits per heavy atom. The lowest BCUT2D eigenvalue weighted by Gasteiger charge is -2.42. The monoisotopic (exact) mass is 547 g/mol. The summed E-state index contributed by atoms with van der Waals surface area (Å²) in [6.07, 6.45) is 12.5. The van der Waals surface area contributed by atoms with Gasteiger partial charge in [0.1, 0.15) is 11.4 Å². The molecule has 10 nitrogen and oxygen atoms in total. The van der Waals surface area contributed by atoms with Crippen molar-refractivity contribution in [3.05, 3.63) is 30.0 Å². The minimum Gasteiger partial charge on any atom is -0.495 e. The van der Waals surface area contributed by atoms with Crippen LogP contribution in [-0.2, 0) is 4.79 Å². The van der Waals surface area contributed by atoms with Gasteiger partial charge in [-0.05, 0) is 76.2 Å². The van der Waals surface area contributed by atoms with Crippen LogP contribution in [0.4, 0.5) is 23.1 Å². The highest BCUT2D eigenvalue weighted by atomic mass is 16.5. The van der Waals surface area contributed by atoms with Crippen LogP contribution >= 0.6 is 0 Å². The first-order valence-corrected chi connectivity index (χ1v) is 14.9. The molecule has 2 N–H and O–H groups in total. The molecule has 1 aromatic heterocycles. The number of benzene rings is 1. The normalized spacial score (nSPS) is 23.8. The Morgan fingerprint density at radius 1 is 1.00 bits per heavy atom. The third-order valence-electron chi connectivity index (χ3n) is 9.24. The van der Waals surface area contributed by atoms with E-state index in [4.69, 9.17) is 9.72 Å². The summed E-state index contributed by atoms with van der Waals surface area (Å²) in [7, 11) is 3.39. The molecule has 2 aromatic rings. The summed E-state index contributed by atoms with van der Waals surface area (Å²) in [5, 5.41) is 6.53. The predicted molar refractivity (Wildman–Crippen MR) is 156 cm³/mol. The highest BCUT2D eigenvalue weighted by Gasteiger charge is 2.32. The fourth-order valence-corrected chi connectivity index (χ4v) is 6.69. The van der Waals surface area contributed by atoms with Crippen LogP contribution in [0.2, 0.25) is 0 Å². The predicted octanol–water partition coefficient (Wildman–Crippen LogP) is 4.09. The van der Waals surface area contributed by atoms with Crippen molar-refractivity contribution in [3.63, 3.8) is 0 Å². The number of hydrogen-bond acceptors (Lipinski definition) is 8. The number of rotatable bonds is 7. The molecule has 1 aromatic carbocycles. The van der Waals surface area contributed by atoms with Crippen LogP contribution in [0.3, 0.4) is 0 Å². The van der Waals surface area contributed by atoms with Gasteiger partial charge in [-0.1, -0.05) is 12.8 Å². The lowest BCUT2D eigenvalue weighted by atomic mass is 9.88. The quantitative estimate of drug-likeness (QED) is 0.534. The highest BCUT2D eigenvalue weighted by Crippen LogP contribution is 2.37. The molecular weight excluding hydrogens is 506 g/mol. The molecule has 3 fully saturated rings. The Kier molecular flexibility index (Phi) is 7.78. The average Bonchev–Trinajstić information content (AvgIpc) is 3.44. The number of nitrogens with one attached hydrogen (secondary N) is 2. The second kappa shape index (κ2) is 11.6. The van der Waals surface area contributed by atoms with Crippen LogP contribution in [-0.4, -0.2) is 78.6 Å². The molecule has 10 heteroatoms. The van der Waals surface area contributed by atoms with E-state index in [1.165, 1.54) is 32.4 Å². The van der Waals surface area contributed by atoms with Gasteiger partial charge in [0.05, 0.1) is 19.0 Å². The van der Waals surface area contributed by atoms with Gasteiger partial charge in [-0.2, -0.15) is 4.98 Å². The maximum atomic E-state index is 13.1. The topological polar surface area (TPSA) is 103 Å². The molecule has 214 valence electrons. The zero-order valence-electron chi connectivity index (χ0n) is 23.7. The zero-order chi connectivity index (χ0) is 27.6. The van der Waals surface area contributed by atoms with Gasteiger partial charge in [-0.25, -0.2) is 4.98 Å². The van der Waals surface area contributed by atoms with Crippen molar-refractivity contribution in [2.75, 3.05) is 48.9 Å². The van der Waals surface area contributed by atoms with Gasteiger partial charge in [0.15, 0.2) is 5.82 Å². The second-order valence-electron chi connectivity index (χ2n) is 11.6. The smallest absolute Gasteiger partial charge is 0.251 e. The van der Waals surface area contributed by atoms with E-state index in [0.717, 1.165) is 50.0 Å². The van der Waals surface area contributed by atoms with E-state index in [0.29, 0.717) is 48.0 Å². The summed E-state index contributed by atoms with van der Waals surface area (Å²) in [6, 6.07) is 6.71. The van der Waals surface area contributed by atoms with E-state index >= 15 is 0 Å². The number of ether oxygens (including phenoxy) is 1. The van der Waals surface area contributed by atoms with E-state index in [1.54, 1.807) is 31.3 Å². The standard InChI is InChI=1S/C30H41N7O3/c1-35-25-19-31-30(34-28(25)37(17-14-27(35)38)23-6-3-4-7-23)33-24-13-8-20(18-26(24)40-2)29(39)32-21-9-11-22(12-10-21)36-15-5-16-36/h8,13,18-19,21-23H,3-7,9-12,14-17H2,1-2H3,(H,32,39)(H,31,33,34). The summed E-state index contributed by atoms with van der Waals surface area (Å²) >= 11 is 0. The van der Waals surface area contributed by atoms with Crippen molar-refractivity contribution in [2.45, 2.75) is 82.3 Å². The number of aromatic nitrogens is 2. The molecule has 2 saturated carbocycles. The maximum Gasteiger partial charge on any atom is 0.251 e. The Labute approximate surface area is 236 Å². The molecule has 2 aliphatic carbocycles. The van der Waals surface area contributed by atoms with Crippen molar-refractivity contribution >= 4 is 35.0 Å². The average molecular weight is 548 g/mol. The van der Waals surface area contributed by atoms with Crippen LogP contribution in [0, 0.1) is 0 Å². The molecule has 1 saturated heterocycles. The number of carbonyl (C=O) groups is 2. The van der Waals surface area contributed by atoms with Crippen molar-refractivity contribution < 1.29 is 14.3 Å². The maximum absolute atomic E-state index is 13.1. The van der Waals surface area contributed by atoms with Gasteiger partial charge in [0, 0.05) is 43.7 Å². The fraction of sp³-hybridized carbons (Fsp3) is 0.600. The SMILES string of the molecule is COc1cc(C(=O)NC2CCC(N3CCC3)CC2)ccc1Nc1ncc2c(n1)N(C1CCCC1)CCC(=O)N2C. The number of methoxy groups -OCH3 is 1. The lowest BCUT2D eigenvalue weighted by molar-refractivity contribution is -0.118. The largest absolute Gasteiger partial charge is 0.495 e. The number of carbonyl (C=O) groups excluding carboxylic acids is 2. The van der Waals surface area contributed by atoms with E-state index < -0.39 is 0 Å². The molecule has 40 heavy (non-hydrogen) atoms. The second-order valence-corrected chi connectivity index (χ2v) is 11.6. The third kappa shape index (κ3) is 5.46. The van der Waals surface area contributed by atoms with Crippen LogP contribution in [0.1, 0.15) is 74.6 Å². The van der Waals surface area contributed by atoms with Crippen LogP contribution < -0.4 is 25.2 Å². The molecule has 0 spiro atoms. The fourth-order valence-electron chi connectivity index (χ4n) is 6.69. The Morgan fingerprint density at radius 2 is 1.77 bits per heavy atom. The van der Waals surface area contributed by atoms with E-state index in [1.807, 2.05) is 12.1 Å². The summed E-state index contributed by atoms with van der Waals surface area (Å²) in [6.45, 7) is 3.12. The summed E-state index contributed by atoms with van der Waals surface area (Å²) in [5.74, 6) is 1.77. The molecule has 0 unspecified atom stereocenters. The number of fused-ring (bicyclic) bond motifs is 1. The Balaban J connectivity index is 1.16. The first-order chi connectivity index (χ1) is 19.5. The molecule has 2 amide bonds. The van der Waals surface area contributed by atoms with Crippen molar-refractivity contribution in [1.29, 1.82) is 0 Å². The Bertz CT molecular complexity index is 1240. The van der Waals surface area contributed by atoms with Crippen LogP contribution in [0.25, 0.3) is 0 Å².